The molecule has 1 aromatic heterocycles. The number of fused-ring (bicyclic) bond motifs is 6. The van der Waals surface area contributed by atoms with Crippen molar-refractivity contribution in [2.24, 2.45) is 5.92 Å². The highest BCUT2D eigenvalue weighted by Crippen LogP contribution is 2.43. The number of para-hydroxylation sites is 1. The Bertz CT molecular complexity index is 1060. The molecular formula is C23H24N2O5. The first-order chi connectivity index (χ1) is 14.5. The lowest BCUT2D eigenvalue weighted by Crippen LogP contribution is -2.33. The van der Waals surface area contributed by atoms with Gasteiger partial charge in [0.05, 0.1) is 25.2 Å². The van der Waals surface area contributed by atoms with Crippen LogP contribution in [0.1, 0.15) is 36.3 Å². The van der Waals surface area contributed by atoms with Crippen molar-refractivity contribution >= 4 is 28.7 Å². The maximum atomic E-state index is 13.2. The van der Waals surface area contributed by atoms with Crippen LogP contribution in [0.3, 0.4) is 0 Å². The second-order valence-corrected chi connectivity index (χ2v) is 7.57. The normalized spacial score (nSPS) is 20.7. The number of methoxy groups -OCH3 is 1. The van der Waals surface area contributed by atoms with Gasteiger partial charge < -0.3 is 14.4 Å². The summed E-state index contributed by atoms with van der Waals surface area (Å²) in [6.45, 7) is 2.12. The van der Waals surface area contributed by atoms with Crippen LogP contribution in [-0.4, -0.2) is 47.6 Å². The van der Waals surface area contributed by atoms with Crippen molar-refractivity contribution in [2.75, 3.05) is 20.3 Å². The second-order valence-electron chi connectivity index (χ2n) is 7.57. The quantitative estimate of drug-likeness (QED) is 0.558. The van der Waals surface area contributed by atoms with Crippen LogP contribution in [0.25, 0.3) is 10.9 Å². The minimum Gasteiger partial charge on any atom is -0.466 e. The topological polar surface area (TPSA) is 77.8 Å². The molecule has 1 aromatic carbocycles. The number of esters is 2. The Balaban J connectivity index is 1.75. The van der Waals surface area contributed by atoms with E-state index in [4.69, 9.17) is 9.47 Å². The molecule has 2 aliphatic heterocycles. The van der Waals surface area contributed by atoms with Gasteiger partial charge in [0, 0.05) is 36.7 Å². The Hall–Kier alpha value is -3.35. The predicted molar refractivity (Wildman–Crippen MR) is 111 cm³/mol. The average molecular weight is 408 g/mol. The maximum absolute atomic E-state index is 13.2. The molecule has 0 spiro atoms. The average Bonchev–Trinajstić information content (AvgIpc) is 3.06. The van der Waals surface area contributed by atoms with Gasteiger partial charge in [-0.05, 0) is 30.0 Å². The monoisotopic (exact) mass is 408 g/mol. The van der Waals surface area contributed by atoms with Crippen molar-refractivity contribution in [3.05, 3.63) is 60.0 Å². The van der Waals surface area contributed by atoms with E-state index < -0.39 is 5.97 Å². The number of carbonyl (C=O) groups is 3. The Morgan fingerprint density at radius 2 is 2.07 bits per heavy atom. The fourth-order valence-corrected chi connectivity index (χ4v) is 4.35. The van der Waals surface area contributed by atoms with E-state index in [2.05, 4.69) is 11.0 Å². The summed E-state index contributed by atoms with van der Waals surface area (Å²) in [5.74, 6) is -0.739. The number of hydrogen-bond donors (Lipinski definition) is 0. The number of rotatable bonds is 5. The molecular weight excluding hydrogens is 384 g/mol. The summed E-state index contributed by atoms with van der Waals surface area (Å²) in [6, 6.07) is 9.91. The number of benzene rings is 1. The summed E-state index contributed by atoms with van der Waals surface area (Å²) in [7, 11) is 1.33. The SMILES string of the molecule is COC(=O)/C=C/C1=CN(CCOC(C)=O)[C@@H]2C[C@H]1CC(=O)n1c2cc2ccccc21. The molecule has 4 rings (SSSR count). The lowest BCUT2D eigenvalue weighted by molar-refractivity contribution is -0.141. The van der Waals surface area contributed by atoms with Gasteiger partial charge in [-0.2, -0.15) is 0 Å². The molecule has 0 saturated carbocycles. The molecule has 0 saturated heterocycles. The minimum absolute atomic E-state index is 0.00737. The van der Waals surface area contributed by atoms with Crippen molar-refractivity contribution in [3.63, 3.8) is 0 Å². The highest BCUT2D eigenvalue weighted by molar-refractivity contribution is 5.94. The lowest BCUT2D eigenvalue weighted by Gasteiger charge is -2.37. The molecule has 0 unspecified atom stereocenters. The van der Waals surface area contributed by atoms with Gasteiger partial charge in [-0.1, -0.05) is 24.3 Å². The number of carbonyl (C=O) groups excluding carboxylic acids is 3. The van der Waals surface area contributed by atoms with Gasteiger partial charge in [-0.15, -0.1) is 0 Å². The van der Waals surface area contributed by atoms with E-state index in [9.17, 15) is 14.4 Å². The van der Waals surface area contributed by atoms with Gasteiger partial charge in [-0.25, -0.2) is 4.79 Å². The Labute approximate surface area is 174 Å². The number of aromatic nitrogens is 1. The second kappa shape index (κ2) is 8.18. The third kappa shape index (κ3) is 3.75. The molecule has 2 aliphatic rings. The number of nitrogens with zero attached hydrogens (tertiary/aromatic N) is 2. The standard InChI is InChI=1S/C23H24N2O5/c1-15(26)30-10-9-24-14-17(7-8-23(28)29-2)18-12-20(24)21-11-16-5-3-4-6-19(16)25(21)22(27)13-18/h3-8,11,14,18,20H,9-10,12-13H2,1-2H3/b8-7+/t18-,20+/m0/s1. The van der Waals surface area contributed by atoms with Crippen LogP contribution in [0, 0.1) is 5.92 Å². The van der Waals surface area contributed by atoms with E-state index >= 15 is 0 Å². The fraction of sp³-hybridized carbons (Fsp3) is 0.348. The van der Waals surface area contributed by atoms with E-state index in [1.54, 1.807) is 6.08 Å². The van der Waals surface area contributed by atoms with Crippen molar-refractivity contribution in [1.29, 1.82) is 0 Å². The summed E-state index contributed by atoms with van der Waals surface area (Å²) in [5.41, 5.74) is 2.73. The molecule has 0 N–H and O–H groups in total. The number of ether oxygens (including phenoxy) is 2. The highest BCUT2D eigenvalue weighted by atomic mass is 16.5. The van der Waals surface area contributed by atoms with E-state index in [0.29, 0.717) is 13.0 Å². The maximum Gasteiger partial charge on any atom is 0.330 e. The molecule has 30 heavy (non-hydrogen) atoms. The smallest absolute Gasteiger partial charge is 0.330 e. The van der Waals surface area contributed by atoms with Crippen molar-refractivity contribution in [1.82, 2.24) is 9.47 Å². The fourth-order valence-electron chi connectivity index (χ4n) is 4.35. The molecule has 0 amide bonds. The zero-order valence-corrected chi connectivity index (χ0v) is 17.0. The summed E-state index contributed by atoms with van der Waals surface area (Å²) < 4.78 is 11.7. The van der Waals surface area contributed by atoms with Crippen LogP contribution < -0.4 is 0 Å². The van der Waals surface area contributed by atoms with Crippen LogP contribution in [0.4, 0.5) is 0 Å². The van der Waals surface area contributed by atoms with Gasteiger partial charge in [0.25, 0.3) is 0 Å². The predicted octanol–water partition coefficient (Wildman–Crippen LogP) is 3.22. The molecule has 2 aromatic rings. The van der Waals surface area contributed by atoms with Crippen molar-refractivity contribution in [2.45, 2.75) is 25.8 Å². The summed E-state index contributed by atoms with van der Waals surface area (Å²) >= 11 is 0. The molecule has 7 nitrogen and oxygen atoms in total. The van der Waals surface area contributed by atoms with Gasteiger partial charge in [-0.3, -0.25) is 14.2 Å². The summed E-state index contributed by atoms with van der Waals surface area (Å²) in [6.07, 6.45) is 6.16. The Morgan fingerprint density at radius 3 is 2.83 bits per heavy atom. The largest absolute Gasteiger partial charge is 0.466 e. The molecule has 0 aliphatic carbocycles. The number of hydrogen-bond acceptors (Lipinski definition) is 6. The third-order valence-corrected chi connectivity index (χ3v) is 5.71. The third-order valence-electron chi connectivity index (χ3n) is 5.71. The minimum atomic E-state index is -0.443. The zero-order valence-electron chi connectivity index (χ0n) is 17.0. The molecule has 156 valence electrons. The van der Waals surface area contributed by atoms with Crippen LogP contribution in [0.15, 0.2) is 54.3 Å². The molecule has 3 heterocycles. The van der Waals surface area contributed by atoms with Gasteiger partial charge >= 0.3 is 11.9 Å². The first kappa shape index (κ1) is 19.9. The van der Waals surface area contributed by atoms with Crippen molar-refractivity contribution < 1.29 is 23.9 Å². The molecule has 7 heteroatoms. The van der Waals surface area contributed by atoms with Crippen LogP contribution in [-0.2, 0) is 19.1 Å². The Kier molecular flexibility index (Phi) is 5.44. The summed E-state index contributed by atoms with van der Waals surface area (Å²) in [5, 5.41) is 1.03. The molecule has 0 fully saturated rings. The van der Waals surface area contributed by atoms with Crippen LogP contribution >= 0.6 is 0 Å². The number of allylic oxidation sites excluding steroid dienone is 2. The summed E-state index contributed by atoms with van der Waals surface area (Å²) in [4.78, 5) is 38.1. The van der Waals surface area contributed by atoms with E-state index in [1.807, 2.05) is 35.0 Å². The molecule has 2 bridgehead atoms. The van der Waals surface area contributed by atoms with E-state index in [-0.39, 0.29) is 30.4 Å². The van der Waals surface area contributed by atoms with Gasteiger partial charge in [0.15, 0.2) is 0 Å². The molecule has 0 radical (unpaired) electrons. The molecule has 2 atom stereocenters. The van der Waals surface area contributed by atoms with Crippen LogP contribution in [0.5, 0.6) is 0 Å². The lowest BCUT2D eigenvalue weighted by atomic mass is 9.85. The van der Waals surface area contributed by atoms with E-state index in [0.717, 1.165) is 28.6 Å². The Morgan fingerprint density at radius 1 is 1.27 bits per heavy atom. The van der Waals surface area contributed by atoms with Crippen LogP contribution in [0.2, 0.25) is 0 Å². The first-order valence-electron chi connectivity index (χ1n) is 9.98. The highest BCUT2D eigenvalue weighted by Gasteiger charge is 2.37. The first-order valence-corrected chi connectivity index (χ1v) is 9.98. The zero-order chi connectivity index (χ0) is 21.3. The van der Waals surface area contributed by atoms with E-state index in [1.165, 1.54) is 20.1 Å². The van der Waals surface area contributed by atoms with Gasteiger partial charge in [0.1, 0.15) is 6.61 Å². The van der Waals surface area contributed by atoms with Gasteiger partial charge in [0.2, 0.25) is 5.91 Å². The van der Waals surface area contributed by atoms with Crippen molar-refractivity contribution in [3.8, 4) is 0 Å².